The van der Waals surface area contributed by atoms with Gasteiger partial charge in [0.2, 0.25) is 0 Å². The van der Waals surface area contributed by atoms with E-state index in [9.17, 15) is 0 Å². The van der Waals surface area contributed by atoms with Crippen LogP contribution >= 0.6 is 22.7 Å². The Morgan fingerprint density at radius 3 is 2.03 bits per heavy atom. The van der Waals surface area contributed by atoms with E-state index in [4.69, 9.17) is 0 Å². The summed E-state index contributed by atoms with van der Waals surface area (Å²) in [6.45, 7) is 0. The molecule has 2 nitrogen and oxygen atoms in total. The lowest BCUT2D eigenvalue weighted by atomic mass is 9.89. The zero-order chi connectivity index (χ0) is 23.6. The highest BCUT2D eigenvalue weighted by Crippen LogP contribution is 2.43. The minimum absolute atomic E-state index is 1.06. The molecule has 2 heterocycles. The Morgan fingerprint density at radius 2 is 1.19 bits per heavy atom. The monoisotopic (exact) mass is 494 g/mol. The SMILES string of the molecule is c1ccc2c(c1)cc(-c1cccc3ncsc13)c1ccc3ccc(-c4cccc5ncsc45)cc3c12. The average Bonchev–Trinajstić information content (AvgIpc) is 3.61. The van der Waals surface area contributed by atoms with Crippen molar-refractivity contribution in [3.8, 4) is 22.3 Å². The summed E-state index contributed by atoms with van der Waals surface area (Å²) in [5.74, 6) is 0. The molecule has 0 spiro atoms. The van der Waals surface area contributed by atoms with Crippen molar-refractivity contribution in [2.45, 2.75) is 0 Å². The third-order valence-corrected chi connectivity index (χ3v) is 8.91. The molecule has 0 amide bonds. The van der Waals surface area contributed by atoms with E-state index < -0.39 is 0 Å². The Labute approximate surface area is 215 Å². The summed E-state index contributed by atoms with van der Waals surface area (Å²) >= 11 is 3.42. The van der Waals surface area contributed by atoms with Crippen molar-refractivity contribution in [3.63, 3.8) is 0 Å². The van der Waals surface area contributed by atoms with Crippen LogP contribution in [0.3, 0.4) is 0 Å². The summed E-state index contributed by atoms with van der Waals surface area (Å²) in [6, 6.07) is 35.4. The maximum Gasteiger partial charge on any atom is 0.0818 e. The third kappa shape index (κ3) is 2.89. The van der Waals surface area contributed by atoms with Crippen molar-refractivity contribution in [2.24, 2.45) is 0 Å². The number of aromatic nitrogens is 2. The smallest absolute Gasteiger partial charge is 0.0818 e. The van der Waals surface area contributed by atoms with E-state index in [0.29, 0.717) is 0 Å². The van der Waals surface area contributed by atoms with E-state index in [1.54, 1.807) is 22.7 Å². The lowest BCUT2D eigenvalue weighted by molar-refractivity contribution is 1.50. The van der Waals surface area contributed by atoms with E-state index in [-0.39, 0.29) is 0 Å². The normalized spacial score (nSPS) is 11.9. The fraction of sp³-hybridized carbons (Fsp3) is 0. The molecule has 168 valence electrons. The van der Waals surface area contributed by atoms with E-state index in [1.165, 1.54) is 64.0 Å². The molecule has 8 rings (SSSR count). The summed E-state index contributed by atoms with van der Waals surface area (Å²) in [5.41, 5.74) is 11.0. The molecule has 0 radical (unpaired) electrons. The van der Waals surface area contributed by atoms with Crippen LogP contribution < -0.4 is 0 Å². The molecule has 0 saturated carbocycles. The summed E-state index contributed by atoms with van der Waals surface area (Å²) in [7, 11) is 0. The van der Waals surface area contributed by atoms with Gasteiger partial charge in [-0.2, -0.15) is 0 Å². The van der Waals surface area contributed by atoms with Gasteiger partial charge in [-0.25, -0.2) is 9.97 Å². The third-order valence-electron chi connectivity index (χ3n) is 7.16. The summed E-state index contributed by atoms with van der Waals surface area (Å²) in [4.78, 5) is 9.12. The first-order chi connectivity index (χ1) is 17.8. The first-order valence-electron chi connectivity index (χ1n) is 11.9. The first-order valence-corrected chi connectivity index (χ1v) is 13.6. The van der Waals surface area contributed by atoms with Crippen LogP contribution in [0.5, 0.6) is 0 Å². The van der Waals surface area contributed by atoms with Gasteiger partial charge < -0.3 is 0 Å². The zero-order valence-electron chi connectivity index (χ0n) is 19.1. The molecule has 8 aromatic rings. The predicted molar refractivity (Wildman–Crippen MR) is 156 cm³/mol. The number of fused-ring (bicyclic) bond motifs is 7. The molecule has 0 aliphatic rings. The highest BCUT2D eigenvalue weighted by atomic mass is 32.1. The minimum Gasteiger partial charge on any atom is -0.245 e. The highest BCUT2D eigenvalue weighted by Gasteiger charge is 2.15. The van der Waals surface area contributed by atoms with Gasteiger partial charge in [-0.05, 0) is 67.7 Å². The molecular formula is C32H18N2S2. The van der Waals surface area contributed by atoms with Gasteiger partial charge in [0.15, 0.2) is 0 Å². The largest absolute Gasteiger partial charge is 0.245 e. The second kappa shape index (κ2) is 7.69. The first kappa shape index (κ1) is 20.1. The van der Waals surface area contributed by atoms with Crippen molar-refractivity contribution in [3.05, 3.63) is 108 Å². The van der Waals surface area contributed by atoms with Gasteiger partial charge in [0.25, 0.3) is 0 Å². The summed E-state index contributed by atoms with van der Waals surface area (Å²) in [5, 5.41) is 7.65. The zero-order valence-corrected chi connectivity index (χ0v) is 20.7. The lowest BCUT2D eigenvalue weighted by Gasteiger charge is -2.15. The van der Waals surface area contributed by atoms with Crippen molar-refractivity contribution in [2.75, 3.05) is 0 Å². The van der Waals surface area contributed by atoms with Crippen LogP contribution in [-0.2, 0) is 0 Å². The van der Waals surface area contributed by atoms with Gasteiger partial charge in [-0.15, -0.1) is 22.7 Å². The standard InChI is InChI=1S/C32H18N2S2/c1-2-6-22-20(5-1)16-27(25-8-4-10-29-32(25)36-18-34-29)24-14-13-19-11-12-21(15-26(19)30(22)24)23-7-3-9-28-31(23)35-17-33-28/h1-18H. The fourth-order valence-corrected chi connectivity index (χ4v) is 7.16. The van der Waals surface area contributed by atoms with Crippen LogP contribution in [0, 0.1) is 0 Å². The van der Waals surface area contributed by atoms with Crippen LogP contribution in [0.25, 0.3) is 75.0 Å². The van der Waals surface area contributed by atoms with Gasteiger partial charge in [0, 0.05) is 11.1 Å². The number of benzene rings is 6. The molecular weight excluding hydrogens is 477 g/mol. The molecule has 4 heteroatoms. The number of hydrogen-bond acceptors (Lipinski definition) is 4. The van der Waals surface area contributed by atoms with Crippen LogP contribution in [0.4, 0.5) is 0 Å². The molecule has 0 N–H and O–H groups in total. The predicted octanol–water partition coefficient (Wildman–Crippen LogP) is 9.70. The Kier molecular flexibility index (Phi) is 4.30. The highest BCUT2D eigenvalue weighted by molar-refractivity contribution is 7.17. The molecule has 0 aliphatic carbocycles. The van der Waals surface area contributed by atoms with Gasteiger partial charge in [-0.3, -0.25) is 0 Å². The molecule has 0 atom stereocenters. The lowest BCUT2D eigenvalue weighted by Crippen LogP contribution is -1.88. The Hall–Kier alpha value is -4.12. The molecule has 36 heavy (non-hydrogen) atoms. The topological polar surface area (TPSA) is 25.8 Å². The van der Waals surface area contributed by atoms with E-state index in [2.05, 4.69) is 107 Å². The van der Waals surface area contributed by atoms with Crippen LogP contribution in [0.1, 0.15) is 0 Å². The maximum atomic E-state index is 4.58. The van der Waals surface area contributed by atoms with Crippen molar-refractivity contribution < 1.29 is 0 Å². The van der Waals surface area contributed by atoms with Gasteiger partial charge in [0.05, 0.1) is 31.5 Å². The van der Waals surface area contributed by atoms with E-state index in [0.717, 1.165) is 11.0 Å². The molecule has 0 fully saturated rings. The van der Waals surface area contributed by atoms with Crippen molar-refractivity contribution >= 4 is 75.4 Å². The van der Waals surface area contributed by atoms with Gasteiger partial charge in [0.1, 0.15) is 0 Å². The van der Waals surface area contributed by atoms with Crippen LogP contribution in [-0.4, -0.2) is 9.97 Å². The molecule has 0 bridgehead atoms. The van der Waals surface area contributed by atoms with Crippen LogP contribution in [0.15, 0.2) is 108 Å². The van der Waals surface area contributed by atoms with Gasteiger partial charge in [-0.1, -0.05) is 72.8 Å². The van der Waals surface area contributed by atoms with Gasteiger partial charge >= 0.3 is 0 Å². The second-order valence-electron chi connectivity index (χ2n) is 9.08. The molecule has 0 unspecified atom stereocenters. The van der Waals surface area contributed by atoms with E-state index in [1.807, 2.05) is 11.0 Å². The number of hydrogen-bond donors (Lipinski definition) is 0. The van der Waals surface area contributed by atoms with Crippen molar-refractivity contribution in [1.29, 1.82) is 0 Å². The maximum absolute atomic E-state index is 4.58. The molecule has 0 saturated heterocycles. The Balaban J connectivity index is 1.52. The minimum atomic E-state index is 1.06. The van der Waals surface area contributed by atoms with Crippen molar-refractivity contribution in [1.82, 2.24) is 9.97 Å². The molecule has 0 aliphatic heterocycles. The molecule has 6 aromatic carbocycles. The Bertz CT molecular complexity index is 2120. The van der Waals surface area contributed by atoms with E-state index >= 15 is 0 Å². The second-order valence-corrected chi connectivity index (χ2v) is 10.8. The number of nitrogens with zero attached hydrogens (tertiary/aromatic N) is 2. The number of rotatable bonds is 2. The average molecular weight is 495 g/mol. The quantitative estimate of drug-likeness (QED) is 0.224. The summed E-state index contributed by atoms with van der Waals surface area (Å²) in [6.07, 6.45) is 0. The van der Waals surface area contributed by atoms with Crippen LogP contribution in [0.2, 0.25) is 0 Å². The Morgan fingerprint density at radius 1 is 0.472 bits per heavy atom. The number of thiazole rings is 2. The fourth-order valence-electron chi connectivity index (χ4n) is 5.52. The summed E-state index contributed by atoms with van der Waals surface area (Å²) < 4.78 is 2.47. The molecule has 2 aromatic heterocycles.